The number of urea groups is 1. The van der Waals surface area contributed by atoms with E-state index in [1.807, 2.05) is 0 Å². The van der Waals surface area contributed by atoms with Crippen molar-refractivity contribution in [3.8, 4) is 0 Å². The summed E-state index contributed by atoms with van der Waals surface area (Å²) in [4.78, 5) is 14.3. The Bertz CT molecular complexity index is 634. The van der Waals surface area contributed by atoms with Crippen LogP contribution in [-0.2, 0) is 0 Å². The Labute approximate surface area is 129 Å². The van der Waals surface area contributed by atoms with E-state index in [2.05, 4.69) is 37.4 Å². The number of carbonyl (C=O) groups excluding carboxylic acids is 1. The number of hydrogen-bond donors (Lipinski definition) is 2. The van der Waals surface area contributed by atoms with Gasteiger partial charge in [0.05, 0.1) is 5.69 Å². The maximum absolute atomic E-state index is 12.0. The van der Waals surface area contributed by atoms with Crippen LogP contribution in [0.5, 0.6) is 0 Å². The van der Waals surface area contributed by atoms with E-state index in [0.29, 0.717) is 23.3 Å². The second-order valence-corrected chi connectivity index (χ2v) is 5.84. The van der Waals surface area contributed by atoms with Crippen LogP contribution in [0.2, 0.25) is 0 Å². The summed E-state index contributed by atoms with van der Waals surface area (Å²) in [6, 6.07) is 5.13. The minimum Gasteiger partial charge on any atom is -0.337 e. The first-order valence-electron chi connectivity index (χ1n) is 7.71. The zero-order valence-electron chi connectivity index (χ0n) is 12.7. The lowest BCUT2D eigenvalue weighted by molar-refractivity contribution is 0.192. The highest BCUT2D eigenvalue weighted by Gasteiger charge is 2.15. The predicted molar refractivity (Wildman–Crippen MR) is 83.7 cm³/mol. The van der Waals surface area contributed by atoms with E-state index in [1.54, 1.807) is 18.2 Å². The molecule has 2 amide bonds. The minimum atomic E-state index is -0.235. The fraction of sp³-hybridized carbons (Fsp3) is 0.533. The molecule has 2 aromatic rings. The molecular weight excluding hydrogens is 282 g/mol. The van der Waals surface area contributed by atoms with Gasteiger partial charge in [-0.1, -0.05) is 13.0 Å². The van der Waals surface area contributed by atoms with Crippen LogP contribution in [0.4, 0.5) is 10.5 Å². The highest BCUT2D eigenvalue weighted by Crippen LogP contribution is 2.19. The van der Waals surface area contributed by atoms with Crippen molar-refractivity contribution in [1.29, 1.82) is 0 Å². The number of benzene rings is 1. The van der Waals surface area contributed by atoms with Crippen LogP contribution in [0.3, 0.4) is 0 Å². The van der Waals surface area contributed by atoms with Gasteiger partial charge in [0, 0.05) is 13.1 Å². The number of nitrogens with one attached hydrogen (secondary N) is 2. The molecule has 2 N–H and O–H groups in total. The number of carbonyl (C=O) groups is 1. The summed E-state index contributed by atoms with van der Waals surface area (Å²) in [7, 11) is 0. The van der Waals surface area contributed by atoms with Gasteiger partial charge in [-0.15, -0.1) is 0 Å². The second kappa shape index (κ2) is 6.74. The summed E-state index contributed by atoms with van der Waals surface area (Å²) in [5.74, 6) is 0.823. The number of fused-ring (bicyclic) bond motifs is 1. The number of nitrogens with zero attached hydrogens (tertiary/aromatic N) is 3. The van der Waals surface area contributed by atoms with Crippen LogP contribution < -0.4 is 10.6 Å². The molecule has 1 fully saturated rings. The van der Waals surface area contributed by atoms with Crippen molar-refractivity contribution < 1.29 is 9.42 Å². The third-order valence-corrected chi connectivity index (χ3v) is 4.12. The molecule has 0 unspecified atom stereocenters. The maximum Gasteiger partial charge on any atom is 0.319 e. The number of aromatic nitrogens is 2. The SMILES string of the molecule is CC1CCN(CCNC(=O)Nc2cccc3nonc23)CC1. The number of likely N-dealkylation sites (tertiary alicyclic amines) is 1. The molecule has 22 heavy (non-hydrogen) atoms. The van der Waals surface area contributed by atoms with Crippen LogP contribution >= 0.6 is 0 Å². The maximum atomic E-state index is 12.0. The molecule has 1 aliphatic rings. The quantitative estimate of drug-likeness (QED) is 0.903. The van der Waals surface area contributed by atoms with Gasteiger partial charge in [0.15, 0.2) is 5.52 Å². The van der Waals surface area contributed by atoms with Crippen molar-refractivity contribution in [3.05, 3.63) is 18.2 Å². The van der Waals surface area contributed by atoms with Crippen molar-refractivity contribution >= 4 is 22.8 Å². The van der Waals surface area contributed by atoms with E-state index in [9.17, 15) is 4.79 Å². The molecule has 7 heteroatoms. The van der Waals surface area contributed by atoms with Crippen molar-refractivity contribution in [2.24, 2.45) is 5.92 Å². The van der Waals surface area contributed by atoms with Crippen molar-refractivity contribution in [2.75, 3.05) is 31.5 Å². The zero-order valence-corrected chi connectivity index (χ0v) is 12.7. The van der Waals surface area contributed by atoms with E-state index >= 15 is 0 Å². The molecule has 118 valence electrons. The lowest BCUT2D eigenvalue weighted by atomic mass is 9.99. The van der Waals surface area contributed by atoms with Crippen molar-refractivity contribution in [2.45, 2.75) is 19.8 Å². The number of rotatable bonds is 4. The van der Waals surface area contributed by atoms with E-state index in [4.69, 9.17) is 0 Å². The Hall–Kier alpha value is -2.15. The molecule has 1 aromatic carbocycles. The molecule has 0 saturated carbocycles. The molecule has 1 saturated heterocycles. The van der Waals surface area contributed by atoms with Gasteiger partial charge < -0.3 is 15.5 Å². The molecule has 0 atom stereocenters. The zero-order chi connectivity index (χ0) is 15.4. The van der Waals surface area contributed by atoms with Crippen LogP contribution in [0.25, 0.3) is 11.0 Å². The fourth-order valence-electron chi connectivity index (χ4n) is 2.69. The number of anilines is 1. The molecule has 3 rings (SSSR count). The lowest BCUT2D eigenvalue weighted by Crippen LogP contribution is -2.40. The summed E-state index contributed by atoms with van der Waals surface area (Å²) >= 11 is 0. The highest BCUT2D eigenvalue weighted by molar-refractivity contribution is 5.98. The van der Waals surface area contributed by atoms with Gasteiger partial charge in [-0.05, 0) is 54.3 Å². The van der Waals surface area contributed by atoms with Gasteiger partial charge in [0.1, 0.15) is 5.52 Å². The van der Waals surface area contributed by atoms with E-state index in [0.717, 1.165) is 25.6 Å². The second-order valence-electron chi connectivity index (χ2n) is 5.84. The summed E-state index contributed by atoms with van der Waals surface area (Å²) < 4.78 is 4.68. The summed E-state index contributed by atoms with van der Waals surface area (Å²) in [6.07, 6.45) is 2.49. The number of hydrogen-bond acceptors (Lipinski definition) is 5. The highest BCUT2D eigenvalue weighted by atomic mass is 16.6. The van der Waals surface area contributed by atoms with Crippen molar-refractivity contribution in [1.82, 2.24) is 20.5 Å². The van der Waals surface area contributed by atoms with Crippen LogP contribution in [-0.4, -0.2) is 47.4 Å². The average Bonchev–Trinajstić information content (AvgIpc) is 2.99. The van der Waals surface area contributed by atoms with Gasteiger partial charge in [-0.2, -0.15) is 0 Å². The molecule has 0 spiro atoms. The summed E-state index contributed by atoms with van der Waals surface area (Å²) in [6.45, 7) is 6.05. The fourth-order valence-corrected chi connectivity index (χ4v) is 2.69. The Morgan fingerprint density at radius 2 is 2.18 bits per heavy atom. The molecule has 7 nitrogen and oxygen atoms in total. The van der Waals surface area contributed by atoms with Crippen molar-refractivity contribution in [3.63, 3.8) is 0 Å². The molecule has 0 aliphatic carbocycles. The molecule has 2 heterocycles. The summed E-state index contributed by atoms with van der Waals surface area (Å²) in [5.41, 5.74) is 1.78. The van der Waals surface area contributed by atoms with Crippen LogP contribution in [0, 0.1) is 5.92 Å². The van der Waals surface area contributed by atoms with Crippen LogP contribution in [0.15, 0.2) is 22.8 Å². The molecular formula is C15H21N5O2. The normalized spacial score (nSPS) is 16.8. The molecule has 1 aliphatic heterocycles. The lowest BCUT2D eigenvalue weighted by Gasteiger charge is -2.30. The molecule has 0 bridgehead atoms. The molecule has 0 radical (unpaired) electrons. The van der Waals surface area contributed by atoms with Gasteiger partial charge in [-0.3, -0.25) is 0 Å². The van der Waals surface area contributed by atoms with Gasteiger partial charge in [0.2, 0.25) is 0 Å². The Kier molecular flexibility index (Phi) is 4.53. The number of amides is 2. The van der Waals surface area contributed by atoms with Gasteiger partial charge >= 0.3 is 6.03 Å². The van der Waals surface area contributed by atoms with Gasteiger partial charge in [-0.25, -0.2) is 9.42 Å². The van der Waals surface area contributed by atoms with Gasteiger partial charge in [0.25, 0.3) is 0 Å². The molecule has 1 aromatic heterocycles. The monoisotopic (exact) mass is 303 g/mol. The van der Waals surface area contributed by atoms with Crippen LogP contribution in [0.1, 0.15) is 19.8 Å². The minimum absolute atomic E-state index is 0.235. The van der Waals surface area contributed by atoms with E-state index < -0.39 is 0 Å². The third-order valence-electron chi connectivity index (χ3n) is 4.12. The first-order valence-corrected chi connectivity index (χ1v) is 7.71. The van der Waals surface area contributed by atoms with E-state index in [-0.39, 0.29) is 6.03 Å². The van der Waals surface area contributed by atoms with E-state index in [1.165, 1.54) is 12.8 Å². The Morgan fingerprint density at radius 1 is 1.36 bits per heavy atom. The summed E-state index contributed by atoms with van der Waals surface area (Å²) in [5, 5.41) is 13.2. The smallest absolute Gasteiger partial charge is 0.319 e. The average molecular weight is 303 g/mol. The topological polar surface area (TPSA) is 83.3 Å². The Morgan fingerprint density at radius 3 is 3.00 bits per heavy atom. The number of piperidine rings is 1. The first kappa shape index (κ1) is 14.8. The standard InChI is InChI=1S/C15H21N5O2/c1-11-5-8-20(9-6-11)10-7-16-15(21)17-12-3-2-4-13-14(12)19-22-18-13/h2-4,11H,5-10H2,1H3,(H2,16,17,21). The Balaban J connectivity index is 1.46. The first-order chi connectivity index (χ1) is 10.7. The predicted octanol–water partition coefficient (Wildman–Crippen LogP) is 2.08. The third kappa shape index (κ3) is 3.54. The largest absolute Gasteiger partial charge is 0.337 e.